The Labute approximate surface area is 211 Å². The molecule has 2 aromatic carbocycles. The van der Waals surface area contributed by atoms with E-state index in [9.17, 15) is 34.8 Å². The van der Waals surface area contributed by atoms with E-state index in [1.807, 2.05) is 24.3 Å². The summed E-state index contributed by atoms with van der Waals surface area (Å²) in [6.45, 7) is 0.759. The van der Waals surface area contributed by atoms with E-state index >= 15 is 0 Å². The van der Waals surface area contributed by atoms with E-state index in [0.717, 1.165) is 17.2 Å². The normalized spacial score (nSPS) is 10.7. The van der Waals surface area contributed by atoms with E-state index in [1.165, 1.54) is 31.3 Å². The summed E-state index contributed by atoms with van der Waals surface area (Å²) in [5.74, 6) is -3.57. The number of phenols is 4. The monoisotopic (exact) mass is 500 g/mol. The lowest BCUT2D eigenvalue weighted by Gasteiger charge is -2.09. The molecule has 2 radical (unpaired) electrons. The van der Waals surface area contributed by atoms with Gasteiger partial charge in [-0.25, -0.2) is 0 Å². The minimum absolute atomic E-state index is 0.0166. The number of nitrogens with zero attached hydrogens (tertiary/aromatic N) is 2. The quantitative estimate of drug-likeness (QED) is 0.0786. The van der Waals surface area contributed by atoms with Crippen molar-refractivity contribution >= 4 is 25.7 Å². The first-order valence-electron chi connectivity index (χ1n) is 11.2. The molecule has 2 heterocycles. The Kier molecular flexibility index (Phi) is 7.42. The molecule has 0 saturated carbocycles. The summed E-state index contributed by atoms with van der Waals surface area (Å²) in [6, 6.07) is 13.6. The lowest BCUT2D eigenvalue weighted by molar-refractivity contribution is 0.0959. The molecule has 0 aliphatic carbocycles. The predicted molar refractivity (Wildman–Crippen MR) is 137 cm³/mol. The highest BCUT2D eigenvalue weighted by Gasteiger charge is 2.17. The molecule has 2 aromatic heterocycles. The maximum absolute atomic E-state index is 12.4. The number of amides is 1. The second-order valence-corrected chi connectivity index (χ2v) is 8.24. The first-order chi connectivity index (χ1) is 17.7. The average molecular weight is 500 g/mol. The van der Waals surface area contributed by atoms with Crippen molar-refractivity contribution in [1.29, 1.82) is 0 Å². The minimum atomic E-state index is -0.863. The first-order valence-corrected chi connectivity index (χ1v) is 11.2. The number of aromatic amines is 1. The third-order valence-electron chi connectivity index (χ3n) is 5.58. The van der Waals surface area contributed by atoms with Crippen molar-refractivity contribution in [2.75, 3.05) is 6.44 Å². The maximum atomic E-state index is 12.4. The second-order valence-electron chi connectivity index (χ2n) is 8.24. The van der Waals surface area contributed by atoms with Crippen LogP contribution in [0.25, 0.3) is 0 Å². The Morgan fingerprint density at radius 3 is 2.32 bits per heavy atom. The van der Waals surface area contributed by atoms with Gasteiger partial charge < -0.3 is 30.3 Å². The van der Waals surface area contributed by atoms with Crippen molar-refractivity contribution in [2.45, 2.75) is 13.1 Å². The maximum Gasteiger partial charge on any atom is 0.276 e. The van der Waals surface area contributed by atoms with Crippen molar-refractivity contribution in [1.82, 2.24) is 19.7 Å². The Bertz CT molecular complexity index is 1540. The molecule has 0 fully saturated rings. The van der Waals surface area contributed by atoms with Gasteiger partial charge in [-0.05, 0) is 35.2 Å². The number of rotatable bonds is 9. The number of carbonyl (C=O) groups is 1. The molecular weight excluding hydrogens is 478 g/mol. The minimum Gasteiger partial charge on any atom is -0.505 e. The fourth-order valence-electron chi connectivity index (χ4n) is 3.63. The number of pyridine rings is 1. The molecule has 1 amide bonds. The largest absolute Gasteiger partial charge is 0.505 e. The molecule has 0 saturated heterocycles. The van der Waals surface area contributed by atoms with Crippen molar-refractivity contribution in [3.8, 4) is 23.0 Å². The van der Waals surface area contributed by atoms with Crippen LogP contribution in [-0.2, 0) is 13.1 Å². The molecule has 0 unspecified atom stereocenters. The summed E-state index contributed by atoms with van der Waals surface area (Å²) in [5.41, 5.74) is 1.11. The molecule has 0 aliphatic heterocycles. The van der Waals surface area contributed by atoms with Gasteiger partial charge in [0.2, 0.25) is 11.5 Å². The number of phenolic OH excluding ortho intramolecular Hbond substituents is 4. The predicted octanol–water partition coefficient (Wildman–Crippen LogP) is -0.407. The molecule has 4 aromatic rings. The van der Waals surface area contributed by atoms with Crippen LogP contribution in [0.5, 0.6) is 23.0 Å². The standard InChI is InChI=1S/C24H22B2N4O7/c31-18-9-17(20(33)22(35)21(18)34)26-25-13-27-23(36)16-12-30(28-24(16)37)11-15-6-4-14(5-7-15)10-29-8-2-1-3-19(29)32/h1-9,12,31,33-35H,10-11,13H2,(H,27,36)(H,28,37). The van der Waals surface area contributed by atoms with E-state index in [2.05, 4.69) is 10.4 Å². The van der Waals surface area contributed by atoms with Crippen LogP contribution in [0.4, 0.5) is 0 Å². The van der Waals surface area contributed by atoms with Crippen molar-refractivity contribution < 1.29 is 25.2 Å². The third-order valence-corrected chi connectivity index (χ3v) is 5.58. The Morgan fingerprint density at radius 1 is 0.919 bits per heavy atom. The van der Waals surface area contributed by atoms with Crippen LogP contribution in [0, 0.1) is 0 Å². The highest BCUT2D eigenvalue weighted by molar-refractivity contribution is 7.07. The van der Waals surface area contributed by atoms with E-state index in [0.29, 0.717) is 13.1 Å². The summed E-state index contributed by atoms with van der Waals surface area (Å²) >= 11 is 0. The van der Waals surface area contributed by atoms with Crippen LogP contribution in [0.1, 0.15) is 21.5 Å². The second kappa shape index (κ2) is 10.9. The van der Waals surface area contributed by atoms with Gasteiger partial charge in [-0.2, -0.15) is 0 Å². The fourth-order valence-corrected chi connectivity index (χ4v) is 3.63. The molecule has 11 nitrogen and oxygen atoms in total. The van der Waals surface area contributed by atoms with Crippen molar-refractivity contribution in [3.05, 3.63) is 98.3 Å². The zero-order chi connectivity index (χ0) is 26.5. The van der Waals surface area contributed by atoms with Gasteiger partial charge in [0.25, 0.3) is 17.0 Å². The molecular formula is C24H22B2N4O7. The molecule has 186 valence electrons. The molecule has 37 heavy (non-hydrogen) atoms. The zero-order valence-corrected chi connectivity index (χ0v) is 19.5. The summed E-state index contributed by atoms with van der Waals surface area (Å²) in [7, 11) is 2.75. The van der Waals surface area contributed by atoms with E-state index < -0.39 is 34.5 Å². The number of benzene rings is 2. The lowest BCUT2D eigenvalue weighted by atomic mass is 9.36. The number of aromatic nitrogens is 3. The van der Waals surface area contributed by atoms with Crippen molar-refractivity contribution in [3.63, 3.8) is 0 Å². The highest BCUT2D eigenvalue weighted by Crippen LogP contribution is 2.39. The van der Waals surface area contributed by atoms with Crippen LogP contribution in [-0.4, -0.2) is 61.5 Å². The molecule has 6 N–H and O–H groups in total. The summed E-state index contributed by atoms with van der Waals surface area (Å²) in [5, 5.41) is 43.5. The van der Waals surface area contributed by atoms with Crippen LogP contribution in [0.3, 0.4) is 0 Å². The molecule has 0 bridgehead atoms. The molecule has 0 spiro atoms. The van der Waals surface area contributed by atoms with Gasteiger partial charge in [0, 0.05) is 18.5 Å². The highest BCUT2D eigenvalue weighted by atomic mass is 16.3. The van der Waals surface area contributed by atoms with Crippen LogP contribution in [0.15, 0.2) is 70.5 Å². The third kappa shape index (κ3) is 5.89. The van der Waals surface area contributed by atoms with Gasteiger partial charge in [0.05, 0.1) is 20.3 Å². The van der Waals surface area contributed by atoms with E-state index in [4.69, 9.17) is 0 Å². The summed E-state index contributed by atoms with van der Waals surface area (Å²) in [4.78, 5) is 36.6. The summed E-state index contributed by atoms with van der Waals surface area (Å²) in [6.07, 6.45) is 3.11. The first kappa shape index (κ1) is 25.3. The Hall–Kier alpha value is -4.80. The van der Waals surface area contributed by atoms with Gasteiger partial charge in [-0.3, -0.25) is 24.2 Å². The number of hydrogen-bond acceptors (Lipinski definition) is 7. The van der Waals surface area contributed by atoms with Gasteiger partial charge in [0.1, 0.15) is 12.7 Å². The number of H-pyrrole nitrogens is 1. The fraction of sp³-hybridized carbons (Fsp3) is 0.125. The SMILES string of the molecule is O=C(NC[B][B]c1cc(O)c(O)c(O)c1O)c1cn(Cc2ccc(Cn3ccccc3=O)cc2)[nH]c1=O. The van der Waals surface area contributed by atoms with Crippen molar-refractivity contribution in [2.24, 2.45) is 0 Å². The van der Waals surface area contributed by atoms with Gasteiger partial charge in [-0.1, -0.05) is 30.3 Å². The zero-order valence-electron chi connectivity index (χ0n) is 19.5. The lowest BCUT2D eigenvalue weighted by Crippen LogP contribution is -2.35. The van der Waals surface area contributed by atoms with Gasteiger partial charge in [0.15, 0.2) is 11.5 Å². The molecule has 4 rings (SSSR count). The number of hydrogen-bond donors (Lipinski definition) is 6. The van der Waals surface area contributed by atoms with Gasteiger partial charge in [-0.15, -0.1) is 0 Å². The Balaban J connectivity index is 1.31. The smallest absolute Gasteiger partial charge is 0.276 e. The van der Waals surface area contributed by atoms with E-state index in [1.54, 1.807) is 22.9 Å². The summed E-state index contributed by atoms with van der Waals surface area (Å²) < 4.78 is 3.09. The Morgan fingerprint density at radius 2 is 1.62 bits per heavy atom. The molecule has 0 atom stereocenters. The molecule has 13 heteroatoms. The van der Waals surface area contributed by atoms with Crippen LogP contribution >= 0.6 is 0 Å². The van der Waals surface area contributed by atoms with Crippen LogP contribution < -0.4 is 21.9 Å². The van der Waals surface area contributed by atoms with Gasteiger partial charge >= 0.3 is 0 Å². The number of aromatic hydroxyl groups is 4. The average Bonchev–Trinajstić information content (AvgIpc) is 3.25. The number of nitrogens with one attached hydrogen (secondary N) is 2. The molecule has 0 aliphatic rings. The number of carbonyl (C=O) groups excluding carboxylic acids is 1. The van der Waals surface area contributed by atoms with E-state index in [-0.39, 0.29) is 23.0 Å². The van der Waals surface area contributed by atoms with Crippen LogP contribution in [0.2, 0.25) is 0 Å². The topological polar surface area (TPSA) is 170 Å².